The van der Waals surface area contributed by atoms with Crippen molar-refractivity contribution >= 4 is 11.7 Å². The lowest BCUT2D eigenvalue weighted by molar-refractivity contribution is -0.132. The summed E-state index contributed by atoms with van der Waals surface area (Å²) in [6, 6.07) is 13.7. The summed E-state index contributed by atoms with van der Waals surface area (Å²) in [6.07, 6.45) is 4.75. The summed E-state index contributed by atoms with van der Waals surface area (Å²) in [5.74, 6) is 0.289. The van der Waals surface area contributed by atoms with Crippen molar-refractivity contribution in [3.05, 3.63) is 64.7 Å². The van der Waals surface area contributed by atoms with Crippen LogP contribution in [0.1, 0.15) is 35.1 Å². The molecule has 2 aromatic carbocycles. The third-order valence-electron chi connectivity index (χ3n) is 4.55. The molecule has 0 fully saturated rings. The van der Waals surface area contributed by atoms with Crippen LogP contribution >= 0.6 is 0 Å². The topological polar surface area (TPSA) is 57.1 Å². The molecule has 1 aliphatic carbocycles. The van der Waals surface area contributed by atoms with E-state index in [2.05, 4.69) is 17.3 Å². The van der Waals surface area contributed by atoms with Crippen molar-refractivity contribution in [2.75, 3.05) is 14.2 Å². The van der Waals surface area contributed by atoms with Gasteiger partial charge in [0.1, 0.15) is 19.5 Å². The predicted molar refractivity (Wildman–Crippen MR) is 99.4 cm³/mol. The number of rotatable bonds is 6. The summed E-state index contributed by atoms with van der Waals surface area (Å²) in [7, 11) is 2.72. The van der Waals surface area contributed by atoms with Crippen LogP contribution in [0.3, 0.4) is 0 Å². The van der Waals surface area contributed by atoms with Gasteiger partial charge in [0, 0.05) is 5.56 Å². The second-order valence-electron chi connectivity index (χ2n) is 6.20. The minimum Gasteiger partial charge on any atom is -0.489 e. The molecule has 0 aliphatic heterocycles. The number of oxime groups is 1. The number of esters is 1. The smallest absolute Gasteiger partial charge is 0.360 e. The van der Waals surface area contributed by atoms with Crippen LogP contribution in [0.15, 0.2) is 47.6 Å². The van der Waals surface area contributed by atoms with E-state index < -0.39 is 5.97 Å². The number of benzene rings is 2. The zero-order valence-corrected chi connectivity index (χ0v) is 15.2. The summed E-state index contributed by atoms with van der Waals surface area (Å²) in [4.78, 5) is 16.8. The standard InChI is InChI=1S/C21H23NO4/c1-24-21(23)20(22-25-2)19-10-6-5-9-17(19)14-26-18-12-11-15-7-3-4-8-16(15)13-18/h5-6,9-13H,3-4,7-8,14H2,1-2H3/b22-20-. The molecule has 0 aromatic heterocycles. The second-order valence-corrected chi connectivity index (χ2v) is 6.20. The molecule has 0 bridgehead atoms. The Morgan fingerprint density at radius 1 is 1.04 bits per heavy atom. The average molecular weight is 353 g/mol. The maximum Gasteiger partial charge on any atom is 0.360 e. The Labute approximate surface area is 153 Å². The lowest BCUT2D eigenvalue weighted by Gasteiger charge is -2.17. The lowest BCUT2D eigenvalue weighted by atomic mass is 9.92. The first-order valence-electron chi connectivity index (χ1n) is 8.75. The van der Waals surface area contributed by atoms with Crippen LogP contribution in [0, 0.1) is 0 Å². The molecule has 5 nitrogen and oxygen atoms in total. The Hall–Kier alpha value is -2.82. The van der Waals surface area contributed by atoms with E-state index in [1.807, 2.05) is 24.3 Å². The lowest BCUT2D eigenvalue weighted by Crippen LogP contribution is -2.19. The number of fused-ring (bicyclic) bond motifs is 1. The monoisotopic (exact) mass is 353 g/mol. The van der Waals surface area contributed by atoms with Crippen LogP contribution < -0.4 is 4.74 Å². The van der Waals surface area contributed by atoms with Crippen LogP contribution in [0.2, 0.25) is 0 Å². The Morgan fingerprint density at radius 2 is 1.81 bits per heavy atom. The van der Waals surface area contributed by atoms with Crippen molar-refractivity contribution in [1.82, 2.24) is 0 Å². The number of aryl methyl sites for hydroxylation is 2. The first-order chi connectivity index (χ1) is 12.7. The van der Waals surface area contributed by atoms with Crippen molar-refractivity contribution in [3.63, 3.8) is 0 Å². The fraction of sp³-hybridized carbons (Fsp3) is 0.333. The Kier molecular flexibility index (Phi) is 5.89. The molecule has 0 unspecified atom stereocenters. The van der Waals surface area contributed by atoms with Gasteiger partial charge in [-0.3, -0.25) is 0 Å². The molecule has 0 saturated carbocycles. The van der Waals surface area contributed by atoms with Crippen molar-refractivity contribution in [1.29, 1.82) is 0 Å². The minimum absolute atomic E-state index is 0.125. The molecule has 136 valence electrons. The first kappa shape index (κ1) is 18.0. The van der Waals surface area contributed by atoms with E-state index in [0.717, 1.165) is 24.2 Å². The van der Waals surface area contributed by atoms with Crippen LogP contribution in [0.25, 0.3) is 0 Å². The molecular formula is C21H23NO4. The molecule has 0 saturated heterocycles. The number of methoxy groups -OCH3 is 1. The normalized spacial score (nSPS) is 13.7. The van der Waals surface area contributed by atoms with E-state index in [1.54, 1.807) is 6.07 Å². The molecule has 1 aliphatic rings. The molecule has 0 amide bonds. The van der Waals surface area contributed by atoms with Gasteiger partial charge in [-0.25, -0.2) is 4.79 Å². The van der Waals surface area contributed by atoms with Crippen LogP contribution in [0.5, 0.6) is 5.75 Å². The minimum atomic E-state index is -0.548. The van der Waals surface area contributed by atoms with Gasteiger partial charge in [-0.1, -0.05) is 35.5 Å². The van der Waals surface area contributed by atoms with Crippen molar-refractivity contribution in [2.24, 2.45) is 5.16 Å². The number of hydrogen-bond donors (Lipinski definition) is 0. The van der Waals surface area contributed by atoms with Crippen molar-refractivity contribution < 1.29 is 19.1 Å². The highest BCUT2D eigenvalue weighted by atomic mass is 16.6. The molecule has 0 heterocycles. The van der Waals surface area contributed by atoms with Gasteiger partial charge in [0.15, 0.2) is 5.71 Å². The second kappa shape index (κ2) is 8.52. The summed E-state index contributed by atoms with van der Waals surface area (Å²) < 4.78 is 10.8. The third-order valence-corrected chi connectivity index (χ3v) is 4.55. The Morgan fingerprint density at radius 3 is 2.58 bits per heavy atom. The molecule has 3 rings (SSSR count). The molecular weight excluding hydrogens is 330 g/mol. The van der Waals surface area contributed by atoms with Gasteiger partial charge in [0.25, 0.3) is 0 Å². The van der Waals surface area contributed by atoms with E-state index in [9.17, 15) is 4.79 Å². The van der Waals surface area contributed by atoms with Gasteiger partial charge in [-0.05, 0) is 54.5 Å². The quantitative estimate of drug-likeness (QED) is 0.452. The third kappa shape index (κ3) is 4.04. The predicted octanol–water partition coefficient (Wildman–Crippen LogP) is 3.67. The molecule has 26 heavy (non-hydrogen) atoms. The van der Waals surface area contributed by atoms with E-state index in [1.165, 1.54) is 38.2 Å². The summed E-state index contributed by atoms with van der Waals surface area (Å²) >= 11 is 0. The fourth-order valence-electron chi connectivity index (χ4n) is 3.22. The van der Waals surface area contributed by atoms with Gasteiger partial charge >= 0.3 is 5.97 Å². The van der Waals surface area contributed by atoms with Gasteiger partial charge in [0.2, 0.25) is 0 Å². The number of hydrogen-bond acceptors (Lipinski definition) is 5. The fourth-order valence-corrected chi connectivity index (χ4v) is 3.22. The largest absolute Gasteiger partial charge is 0.489 e. The maximum atomic E-state index is 12.0. The number of nitrogens with zero attached hydrogens (tertiary/aromatic N) is 1. The van der Waals surface area contributed by atoms with Gasteiger partial charge in [-0.2, -0.15) is 0 Å². The zero-order chi connectivity index (χ0) is 18.4. The molecule has 0 N–H and O–H groups in total. The average Bonchev–Trinajstić information content (AvgIpc) is 2.70. The van der Waals surface area contributed by atoms with E-state index in [-0.39, 0.29) is 5.71 Å². The first-order valence-corrected chi connectivity index (χ1v) is 8.75. The molecule has 0 spiro atoms. The number of carbonyl (C=O) groups excluding carboxylic acids is 1. The highest BCUT2D eigenvalue weighted by Gasteiger charge is 2.19. The summed E-state index contributed by atoms with van der Waals surface area (Å²) in [5, 5.41) is 3.83. The molecule has 0 radical (unpaired) electrons. The molecule has 0 atom stereocenters. The summed E-state index contributed by atoms with van der Waals surface area (Å²) in [6.45, 7) is 0.328. The van der Waals surface area contributed by atoms with Gasteiger partial charge in [0.05, 0.1) is 7.11 Å². The van der Waals surface area contributed by atoms with E-state index in [4.69, 9.17) is 14.3 Å². The molecule has 5 heteroatoms. The maximum absolute atomic E-state index is 12.0. The highest BCUT2D eigenvalue weighted by Crippen LogP contribution is 2.26. The van der Waals surface area contributed by atoms with Crippen LogP contribution in [-0.2, 0) is 33.8 Å². The van der Waals surface area contributed by atoms with Crippen molar-refractivity contribution in [2.45, 2.75) is 32.3 Å². The van der Waals surface area contributed by atoms with E-state index in [0.29, 0.717) is 12.2 Å². The Bertz CT molecular complexity index is 813. The van der Waals surface area contributed by atoms with Gasteiger partial charge in [-0.15, -0.1) is 0 Å². The number of ether oxygens (including phenoxy) is 2. The highest BCUT2D eigenvalue weighted by molar-refractivity contribution is 6.43. The Balaban J connectivity index is 1.80. The van der Waals surface area contributed by atoms with Crippen LogP contribution in [0.4, 0.5) is 0 Å². The van der Waals surface area contributed by atoms with E-state index >= 15 is 0 Å². The van der Waals surface area contributed by atoms with Gasteiger partial charge < -0.3 is 14.3 Å². The number of carbonyl (C=O) groups is 1. The SMILES string of the molecule is CO/N=C(\C(=O)OC)c1ccccc1COc1ccc2c(c1)CCCC2. The zero-order valence-electron chi connectivity index (χ0n) is 15.2. The molecule has 2 aromatic rings. The van der Waals surface area contributed by atoms with Crippen molar-refractivity contribution in [3.8, 4) is 5.75 Å². The summed E-state index contributed by atoms with van der Waals surface area (Å²) in [5.41, 5.74) is 4.40. The van der Waals surface area contributed by atoms with Crippen LogP contribution in [-0.4, -0.2) is 25.9 Å².